The quantitative estimate of drug-likeness (QED) is 0.787. The summed E-state index contributed by atoms with van der Waals surface area (Å²) in [4.78, 5) is 12.3. The summed E-state index contributed by atoms with van der Waals surface area (Å²) in [5.74, 6) is 0.120. The predicted molar refractivity (Wildman–Crippen MR) is 70.0 cm³/mol. The molecule has 4 heteroatoms. The van der Waals surface area contributed by atoms with E-state index in [1.54, 1.807) is 18.2 Å². The van der Waals surface area contributed by atoms with Crippen molar-refractivity contribution in [3.8, 4) is 6.07 Å². The van der Waals surface area contributed by atoms with E-state index in [0.717, 1.165) is 25.1 Å². The minimum absolute atomic E-state index is 0.0926. The number of nitrogens with one attached hydrogen (secondary N) is 1. The van der Waals surface area contributed by atoms with Crippen molar-refractivity contribution in [2.24, 2.45) is 5.92 Å². The first-order chi connectivity index (χ1) is 8.63. The van der Waals surface area contributed by atoms with Crippen LogP contribution < -0.4 is 11.1 Å². The Morgan fingerprint density at radius 3 is 2.94 bits per heavy atom. The molecule has 0 aliphatic carbocycles. The molecule has 0 aromatic heterocycles. The van der Waals surface area contributed by atoms with Gasteiger partial charge in [-0.05, 0) is 30.7 Å². The molecule has 0 amide bonds. The van der Waals surface area contributed by atoms with Gasteiger partial charge in [-0.1, -0.05) is 13.0 Å². The van der Waals surface area contributed by atoms with Gasteiger partial charge in [-0.15, -0.1) is 0 Å². The van der Waals surface area contributed by atoms with Crippen molar-refractivity contribution in [2.45, 2.75) is 19.3 Å². The molecular formula is C14H17N3O. The molecule has 4 nitrogen and oxygen atoms in total. The average molecular weight is 243 g/mol. The predicted octanol–water partition coefficient (Wildman–Crippen LogP) is 1.42. The molecule has 3 N–H and O–H groups in total. The highest BCUT2D eigenvalue weighted by Gasteiger charge is 2.28. The summed E-state index contributed by atoms with van der Waals surface area (Å²) >= 11 is 0. The van der Waals surface area contributed by atoms with Crippen LogP contribution in [0.5, 0.6) is 0 Å². The molecular weight excluding hydrogens is 226 g/mol. The van der Waals surface area contributed by atoms with Gasteiger partial charge in [0, 0.05) is 24.1 Å². The maximum absolute atomic E-state index is 12.3. The van der Waals surface area contributed by atoms with E-state index in [2.05, 4.69) is 5.32 Å². The van der Waals surface area contributed by atoms with E-state index in [1.165, 1.54) is 0 Å². The lowest BCUT2D eigenvalue weighted by Crippen LogP contribution is -2.23. The number of hydrogen-bond acceptors (Lipinski definition) is 4. The highest BCUT2D eigenvalue weighted by molar-refractivity contribution is 5.89. The Hall–Kier alpha value is -1.86. The van der Waals surface area contributed by atoms with Crippen molar-refractivity contribution >= 4 is 11.5 Å². The Kier molecular flexibility index (Phi) is 3.63. The third-order valence-corrected chi connectivity index (χ3v) is 3.57. The van der Waals surface area contributed by atoms with Crippen molar-refractivity contribution < 1.29 is 4.79 Å². The second-order valence-electron chi connectivity index (χ2n) is 4.77. The number of hydrogen-bond donors (Lipinski definition) is 2. The van der Waals surface area contributed by atoms with Gasteiger partial charge in [0.15, 0.2) is 0 Å². The van der Waals surface area contributed by atoms with Crippen LogP contribution in [0.1, 0.15) is 30.4 Å². The van der Waals surface area contributed by atoms with E-state index in [-0.39, 0.29) is 17.6 Å². The number of anilines is 1. The molecule has 2 unspecified atom stereocenters. The lowest BCUT2D eigenvalue weighted by molar-refractivity contribution is -0.123. The van der Waals surface area contributed by atoms with Gasteiger partial charge in [0.1, 0.15) is 5.78 Å². The van der Waals surface area contributed by atoms with Crippen LogP contribution in [-0.2, 0) is 4.79 Å². The number of carbonyl (C=O) groups is 1. The highest BCUT2D eigenvalue weighted by Crippen LogP contribution is 2.27. The topological polar surface area (TPSA) is 78.9 Å². The third kappa shape index (κ3) is 2.36. The molecule has 0 spiro atoms. The van der Waals surface area contributed by atoms with Crippen molar-refractivity contribution in [2.75, 3.05) is 18.8 Å². The number of rotatable bonds is 3. The second kappa shape index (κ2) is 5.19. The maximum atomic E-state index is 12.3. The van der Waals surface area contributed by atoms with Gasteiger partial charge in [0.2, 0.25) is 0 Å². The summed E-state index contributed by atoms with van der Waals surface area (Å²) in [6, 6.07) is 7.18. The fourth-order valence-electron chi connectivity index (χ4n) is 2.44. The molecule has 2 atom stereocenters. The molecule has 1 aromatic carbocycles. The molecule has 0 bridgehead atoms. The van der Waals surface area contributed by atoms with E-state index in [0.29, 0.717) is 11.3 Å². The van der Waals surface area contributed by atoms with Gasteiger partial charge < -0.3 is 11.1 Å². The van der Waals surface area contributed by atoms with E-state index < -0.39 is 0 Å². The van der Waals surface area contributed by atoms with Gasteiger partial charge in [-0.2, -0.15) is 5.26 Å². The number of nitrogen functional groups attached to an aromatic ring is 1. The molecule has 0 radical (unpaired) electrons. The van der Waals surface area contributed by atoms with E-state index in [4.69, 9.17) is 11.0 Å². The highest BCUT2D eigenvalue weighted by atomic mass is 16.1. The number of ketones is 1. The van der Waals surface area contributed by atoms with Gasteiger partial charge in [0.25, 0.3) is 0 Å². The Labute approximate surface area is 107 Å². The lowest BCUT2D eigenvalue weighted by Gasteiger charge is -2.17. The first-order valence-corrected chi connectivity index (χ1v) is 6.17. The number of nitrogens with two attached hydrogens (primary N) is 1. The van der Waals surface area contributed by atoms with Crippen LogP contribution in [0.15, 0.2) is 18.2 Å². The van der Waals surface area contributed by atoms with Crippen LogP contribution in [0, 0.1) is 17.2 Å². The zero-order valence-electron chi connectivity index (χ0n) is 10.4. The summed E-state index contributed by atoms with van der Waals surface area (Å²) in [6.45, 7) is 3.56. The standard InChI is InChI=1S/C14H17N3O/c1-9(14(18)11-4-5-17-8-11)12-3-2-10(7-15)6-13(12)16/h2-3,6,9,11,17H,4-5,8,16H2,1H3. The normalized spacial score (nSPS) is 20.3. The first-order valence-electron chi connectivity index (χ1n) is 6.17. The minimum Gasteiger partial charge on any atom is -0.398 e. The number of carbonyl (C=O) groups excluding carboxylic acids is 1. The van der Waals surface area contributed by atoms with Crippen LogP contribution in [0.3, 0.4) is 0 Å². The second-order valence-corrected chi connectivity index (χ2v) is 4.77. The summed E-state index contributed by atoms with van der Waals surface area (Å²) in [6.07, 6.45) is 0.902. The molecule has 2 rings (SSSR count). The molecule has 1 saturated heterocycles. The Bertz CT molecular complexity index is 498. The van der Waals surface area contributed by atoms with Crippen LogP contribution in [-0.4, -0.2) is 18.9 Å². The molecule has 1 aromatic rings. The summed E-state index contributed by atoms with van der Waals surface area (Å²) < 4.78 is 0. The Morgan fingerprint density at radius 2 is 2.39 bits per heavy atom. The smallest absolute Gasteiger partial charge is 0.144 e. The van der Waals surface area contributed by atoms with Gasteiger partial charge in [0.05, 0.1) is 11.6 Å². The molecule has 1 aliphatic heterocycles. The number of nitriles is 1. The van der Waals surface area contributed by atoms with E-state index in [9.17, 15) is 4.79 Å². The fraction of sp³-hybridized carbons (Fsp3) is 0.429. The monoisotopic (exact) mass is 243 g/mol. The molecule has 1 heterocycles. The molecule has 0 saturated carbocycles. The lowest BCUT2D eigenvalue weighted by atomic mass is 9.87. The largest absolute Gasteiger partial charge is 0.398 e. The van der Waals surface area contributed by atoms with Crippen LogP contribution in [0.4, 0.5) is 5.69 Å². The number of benzene rings is 1. The third-order valence-electron chi connectivity index (χ3n) is 3.57. The molecule has 1 fully saturated rings. The summed E-state index contributed by atoms with van der Waals surface area (Å²) in [7, 11) is 0. The number of Topliss-reactive ketones (excluding diaryl/α,β-unsaturated/α-hetero) is 1. The fourth-order valence-corrected chi connectivity index (χ4v) is 2.44. The Balaban J connectivity index is 2.20. The van der Waals surface area contributed by atoms with Crippen LogP contribution in [0.25, 0.3) is 0 Å². The zero-order valence-corrected chi connectivity index (χ0v) is 10.4. The SMILES string of the molecule is CC(C(=O)C1CCNC1)c1ccc(C#N)cc1N. The van der Waals surface area contributed by atoms with Crippen molar-refractivity contribution in [3.05, 3.63) is 29.3 Å². The molecule has 18 heavy (non-hydrogen) atoms. The van der Waals surface area contributed by atoms with Gasteiger partial charge >= 0.3 is 0 Å². The van der Waals surface area contributed by atoms with Crippen LogP contribution in [0.2, 0.25) is 0 Å². The molecule has 94 valence electrons. The van der Waals surface area contributed by atoms with Gasteiger partial charge in [-0.25, -0.2) is 0 Å². The van der Waals surface area contributed by atoms with E-state index in [1.807, 2.05) is 13.0 Å². The van der Waals surface area contributed by atoms with Crippen LogP contribution >= 0.6 is 0 Å². The summed E-state index contributed by atoms with van der Waals surface area (Å²) in [5, 5.41) is 12.0. The van der Waals surface area contributed by atoms with Gasteiger partial charge in [-0.3, -0.25) is 4.79 Å². The molecule has 1 aliphatic rings. The van der Waals surface area contributed by atoms with E-state index >= 15 is 0 Å². The maximum Gasteiger partial charge on any atom is 0.144 e. The zero-order chi connectivity index (χ0) is 13.1. The average Bonchev–Trinajstić information content (AvgIpc) is 2.90. The van der Waals surface area contributed by atoms with Crippen molar-refractivity contribution in [1.29, 1.82) is 5.26 Å². The Morgan fingerprint density at radius 1 is 1.61 bits per heavy atom. The first kappa shape index (κ1) is 12.6. The van der Waals surface area contributed by atoms with Crippen molar-refractivity contribution in [1.82, 2.24) is 5.32 Å². The summed E-state index contributed by atoms with van der Waals surface area (Å²) in [5.41, 5.74) is 7.80. The van der Waals surface area contributed by atoms with Crippen molar-refractivity contribution in [3.63, 3.8) is 0 Å². The minimum atomic E-state index is -0.206. The number of nitrogens with zero attached hydrogens (tertiary/aromatic N) is 1.